The van der Waals surface area contributed by atoms with Gasteiger partial charge in [-0.2, -0.15) is 0 Å². The first-order valence-corrected chi connectivity index (χ1v) is 7.21. The maximum Gasteiger partial charge on any atom is 0.226 e. The van der Waals surface area contributed by atoms with E-state index in [9.17, 15) is 4.79 Å². The fourth-order valence-corrected chi connectivity index (χ4v) is 2.94. The molecule has 0 saturated carbocycles. The van der Waals surface area contributed by atoms with Gasteiger partial charge in [0.1, 0.15) is 0 Å². The van der Waals surface area contributed by atoms with E-state index in [1.807, 2.05) is 0 Å². The van der Waals surface area contributed by atoms with Crippen LogP contribution in [-0.4, -0.2) is 36.6 Å². The van der Waals surface area contributed by atoms with Crippen LogP contribution in [-0.2, 0) is 9.53 Å². The Hall–Kier alpha value is -0.830. The summed E-state index contributed by atoms with van der Waals surface area (Å²) in [5.41, 5.74) is 0. The maximum atomic E-state index is 12.6. The van der Waals surface area contributed by atoms with Crippen LogP contribution in [0.15, 0.2) is 12.2 Å². The molecule has 2 atom stereocenters. The lowest BCUT2D eigenvalue weighted by Gasteiger charge is -2.38. The summed E-state index contributed by atoms with van der Waals surface area (Å²) in [5.74, 6) is 1.18. The molecule has 1 heterocycles. The number of nitrogens with zero attached hydrogens (tertiary/aromatic N) is 1. The monoisotopic (exact) mass is 251 g/mol. The van der Waals surface area contributed by atoms with Crippen molar-refractivity contribution in [2.75, 3.05) is 19.8 Å². The molecule has 1 amide bonds. The van der Waals surface area contributed by atoms with Crippen molar-refractivity contribution in [3.05, 3.63) is 12.2 Å². The van der Waals surface area contributed by atoms with Gasteiger partial charge in [-0.05, 0) is 31.6 Å². The lowest BCUT2D eigenvalue weighted by molar-refractivity contribution is -0.145. The standard InChI is InChI=1S/C15H25NO2/c1-12(2)10-14-11-18-9-8-16(14)15(17)13-6-4-3-5-7-13/h3-4,12-14H,5-11H2,1-2H3/t13-,14-/m0/s1. The van der Waals surface area contributed by atoms with Gasteiger partial charge in [-0.1, -0.05) is 26.0 Å². The van der Waals surface area contributed by atoms with Crippen molar-refractivity contribution in [2.45, 2.75) is 45.6 Å². The third-order valence-electron chi connectivity index (χ3n) is 3.87. The molecule has 0 spiro atoms. The van der Waals surface area contributed by atoms with Gasteiger partial charge in [0, 0.05) is 12.5 Å². The zero-order valence-electron chi connectivity index (χ0n) is 11.6. The van der Waals surface area contributed by atoms with E-state index in [-0.39, 0.29) is 12.0 Å². The van der Waals surface area contributed by atoms with Crippen LogP contribution in [0.3, 0.4) is 0 Å². The van der Waals surface area contributed by atoms with E-state index in [4.69, 9.17) is 4.74 Å². The summed E-state index contributed by atoms with van der Waals surface area (Å²) < 4.78 is 5.54. The molecule has 2 rings (SSSR count). The van der Waals surface area contributed by atoms with Crippen LogP contribution in [0.25, 0.3) is 0 Å². The Morgan fingerprint density at radius 2 is 2.28 bits per heavy atom. The zero-order chi connectivity index (χ0) is 13.0. The number of rotatable bonds is 3. The number of amides is 1. The minimum atomic E-state index is 0.211. The van der Waals surface area contributed by atoms with E-state index < -0.39 is 0 Å². The molecular weight excluding hydrogens is 226 g/mol. The van der Waals surface area contributed by atoms with E-state index >= 15 is 0 Å². The van der Waals surface area contributed by atoms with Gasteiger partial charge < -0.3 is 9.64 Å². The lowest BCUT2D eigenvalue weighted by atomic mass is 9.91. The van der Waals surface area contributed by atoms with Gasteiger partial charge >= 0.3 is 0 Å². The summed E-state index contributed by atoms with van der Waals surface area (Å²) >= 11 is 0. The van der Waals surface area contributed by atoms with Crippen LogP contribution in [0.5, 0.6) is 0 Å². The molecule has 3 heteroatoms. The van der Waals surface area contributed by atoms with Crippen LogP contribution in [0.1, 0.15) is 39.5 Å². The van der Waals surface area contributed by atoms with Gasteiger partial charge in [0.2, 0.25) is 5.91 Å². The number of carbonyl (C=O) groups excluding carboxylic acids is 1. The van der Waals surface area contributed by atoms with Gasteiger partial charge in [0.15, 0.2) is 0 Å². The van der Waals surface area contributed by atoms with Gasteiger partial charge in [-0.3, -0.25) is 4.79 Å². The van der Waals surface area contributed by atoms with E-state index in [2.05, 4.69) is 30.9 Å². The highest BCUT2D eigenvalue weighted by Gasteiger charge is 2.31. The molecule has 0 radical (unpaired) electrons. The highest BCUT2D eigenvalue weighted by atomic mass is 16.5. The van der Waals surface area contributed by atoms with Gasteiger partial charge in [-0.15, -0.1) is 0 Å². The summed E-state index contributed by atoms with van der Waals surface area (Å²) in [6.45, 7) is 6.60. The molecule has 0 unspecified atom stereocenters. The fourth-order valence-electron chi connectivity index (χ4n) is 2.94. The summed E-state index contributed by atoms with van der Waals surface area (Å²) in [6, 6.07) is 0.289. The predicted octanol–water partition coefficient (Wildman–Crippen LogP) is 2.62. The molecule has 0 aromatic carbocycles. The summed E-state index contributed by atoms with van der Waals surface area (Å²) in [6.07, 6.45) is 8.38. The molecule has 1 aliphatic heterocycles. The first kappa shape index (κ1) is 13.6. The minimum Gasteiger partial charge on any atom is -0.377 e. The highest BCUT2D eigenvalue weighted by Crippen LogP contribution is 2.24. The zero-order valence-corrected chi connectivity index (χ0v) is 11.6. The van der Waals surface area contributed by atoms with E-state index in [0.29, 0.717) is 25.0 Å². The smallest absolute Gasteiger partial charge is 0.226 e. The second-order valence-electron chi connectivity index (χ2n) is 5.87. The number of hydrogen-bond acceptors (Lipinski definition) is 2. The van der Waals surface area contributed by atoms with Crippen LogP contribution in [0, 0.1) is 11.8 Å². The number of carbonyl (C=O) groups is 1. The molecular formula is C15H25NO2. The summed E-state index contributed by atoms with van der Waals surface area (Å²) in [7, 11) is 0. The molecule has 0 bridgehead atoms. The molecule has 0 aromatic heterocycles. The van der Waals surface area contributed by atoms with Crippen molar-refractivity contribution in [1.29, 1.82) is 0 Å². The molecule has 0 aromatic rings. The maximum absolute atomic E-state index is 12.6. The SMILES string of the molecule is CC(C)C[C@H]1COCCN1C(=O)[C@H]1CC=CCC1. The van der Waals surface area contributed by atoms with Crippen molar-refractivity contribution in [2.24, 2.45) is 11.8 Å². The highest BCUT2D eigenvalue weighted by molar-refractivity contribution is 5.79. The largest absolute Gasteiger partial charge is 0.377 e. The first-order valence-electron chi connectivity index (χ1n) is 7.21. The second kappa shape index (κ2) is 6.37. The average molecular weight is 251 g/mol. The Labute approximate surface area is 110 Å². The summed E-state index contributed by atoms with van der Waals surface area (Å²) in [4.78, 5) is 14.7. The number of allylic oxidation sites excluding steroid dienone is 2. The molecule has 2 aliphatic rings. The van der Waals surface area contributed by atoms with Gasteiger partial charge in [0.25, 0.3) is 0 Å². The Bertz CT molecular complexity index is 312. The van der Waals surface area contributed by atoms with E-state index in [1.165, 1.54) is 0 Å². The molecule has 0 N–H and O–H groups in total. The average Bonchev–Trinajstić information content (AvgIpc) is 2.39. The minimum absolute atomic E-state index is 0.211. The quantitative estimate of drug-likeness (QED) is 0.722. The van der Waals surface area contributed by atoms with Crippen LogP contribution in [0.2, 0.25) is 0 Å². The summed E-state index contributed by atoms with van der Waals surface area (Å²) in [5, 5.41) is 0. The van der Waals surface area contributed by atoms with Crippen molar-refractivity contribution < 1.29 is 9.53 Å². The number of morpholine rings is 1. The molecule has 1 aliphatic carbocycles. The Kier molecular flexibility index (Phi) is 4.81. The normalized spacial score (nSPS) is 28.7. The number of hydrogen-bond donors (Lipinski definition) is 0. The molecule has 1 fully saturated rings. The number of ether oxygens (including phenoxy) is 1. The van der Waals surface area contributed by atoms with E-state index in [1.54, 1.807) is 0 Å². The van der Waals surface area contributed by atoms with Crippen molar-refractivity contribution in [3.63, 3.8) is 0 Å². The van der Waals surface area contributed by atoms with Gasteiger partial charge in [0.05, 0.1) is 19.3 Å². The van der Waals surface area contributed by atoms with Crippen molar-refractivity contribution in [3.8, 4) is 0 Å². The fraction of sp³-hybridized carbons (Fsp3) is 0.800. The topological polar surface area (TPSA) is 29.5 Å². The van der Waals surface area contributed by atoms with Gasteiger partial charge in [-0.25, -0.2) is 0 Å². The Morgan fingerprint density at radius 1 is 1.44 bits per heavy atom. The van der Waals surface area contributed by atoms with Crippen LogP contribution in [0.4, 0.5) is 0 Å². The van der Waals surface area contributed by atoms with Crippen molar-refractivity contribution in [1.82, 2.24) is 4.90 Å². The predicted molar refractivity (Wildman–Crippen MR) is 72.3 cm³/mol. The molecule has 1 saturated heterocycles. The molecule has 3 nitrogen and oxygen atoms in total. The van der Waals surface area contributed by atoms with Crippen LogP contribution < -0.4 is 0 Å². The lowest BCUT2D eigenvalue weighted by Crippen LogP contribution is -2.51. The third-order valence-corrected chi connectivity index (χ3v) is 3.87. The van der Waals surface area contributed by atoms with E-state index in [0.717, 1.165) is 32.2 Å². The third kappa shape index (κ3) is 3.35. The Morgan fingerprint density at radius 3 is 2.94 bits per heavy atom. The first-order chi connectivity index (χ1) is 8.68. The molecule has 18 heavy (non-hydrogen) atoms. The Balaban J connectivity index is 1.98. The molecule has 102 valence electrons. The second-order valence-corrected chi connectivity index (χ2v) is 5.87. The van der Waals surface area contributed by atoms with Crippen molar-refractivity contribution >= 4 is 5.91 Å². The van der Waals surface area contributed by atoms with Crippen LogP contribution >= 0.6 is 0 Å².